The Morgan fingerprint density at radius 1 is 1.29 bits per heavy atom. The minimum absolute atomic E-state index is 0.0109. The summed E-state index contributed by atoms with van der Waals surface area (Å²) in [6.45, 7) is 5.30. The Labute approximate surface area is 153 Å². The lowest BCUT2D eigenvalue weighted by Gasteiger charge is -2.12. The molecule has 0 aliphatic heterocycles. The number of carbonyl (C=O) groups is 1. The second kappa shape index (κ2) is 7.96. The highest BCUT2D eigenvalue weighted by atomic mass is 32.2. The van der Waals surface area contributed by atoms with E-state index in [4.69, 9.17) is 0 Å². The molecule has 1 atom stereocenters. The highest BCUT2D eigenvalue weighted by Gasteiger charge is 2.20. The molecule has 0 bridgehead atoms. The summed E-state index contributed by atoms with van der Waals surface area (Å²) in [5, 5.41) is 16.1. The average Bonchev–Trinajstić information content (AvgIpc) is 3.32. The van der Waals surface area contributed by atoms with Gasteiger partial charge in [0.1, 0.15) is 0 Å². The van der Waals surface area contributed by atoms with E-state index in [0.29, 0.717) is 6.54 Å². The van der Waals surface area contributed by atoms with Crippen LogP contribution >= 0.6 is 34.4 Å². The molecule has 0 saturated heterocycles. The molecule has 5 nitrogen and oxygen atoms in total. The minimum Gasteiger partial charge on any atom is -0.350 e. The summed E-state index contributed by atoms with van der Waals surface area (Å²) in [6, 6.07) is 8.04. The summed E-state index contributed by atoms with van der Waals surface area (Å²) >= 11 is 4.73. The van der Waals surface area contributed by atoms with Gasteiger partial charge in [0.05, 0.1) is 16.7 Å². The van der Waals surface area contributed by atoms with E-state index in [0.717, 1.165) is 27.3 Å². The van der Waals surface area contributed by atoms with Crippen LogP contribution in [0.4, 0.5) is 0 Å². The van der Waals surface area contributed by atoms with Gasteiger partial charge in [0.25, 0.3) is 0 Å². The van der Waals surface area contributed by atoms with Crippen LogP contribution in [-0.2, 0) is 17.9 Å². The number of nitrogens with one attached hydrogen (secondary N) is 1. The van der Waals surface area contributed by atoms with Gasteiger partial charge in [0, 0.05) is 11.4 Å². The zero-order valence-electron chi connectivity index (χ0n) is 13.4. The monoisotopic (exact) mass is 378 g/mol. The van der Waals surface area contributed by atoms with Crippen molar-refractivity contribution in [2.45, 2.75) is 37.3 Å². The fraction of sp³-hybridized carbons (Fsp3) is 0.312. The number of thioether (sulfide) groups is 1. The van der Waals surface area contributed by atoms with Crippen molar-refractivity contribution in [1.82, 2.24) is 20.1 Å². The topological polar surface area (TPSA) is 59.8 Å². The highest BCUT2D eigenvalue weighted by Crippen LogP contribution is 2.29. The number of amides is 1. The zero-order valence-corrected chi connectivity index (χ0v) is 15.9. The predicted molar refractivity (Wildman–Crippen MR) is 100 cm³/mol. The first-order valence-corrected chi connectivity index (χ1v) is 10.3. The van der Waals surface area contributed by atoms with Crippen LogP contribution in [0.2, 0.25) is 0 Å². The van der Waals surface area contributed by atoms with Crippen molar-refractivity contribution in [2.75, 3.05) is 0 Å². The molecule has 3 aromatic rings. The molecule has 1 N–H and O–H groups in total. The lowest BCUT2D eigenvalue weighted by atomic mass is 10.4. The first-order valence-electron chi connectivity index (χ1n) is 7.63. The molecule has 0 spiro atoms. The number of carbonyl (C=O) groups excluding carboxylic acids is 1. The number of hydrogen-bond donors (Lipinski definition) is 1. The van der Waals surface area contributed by atoms with Crippen LogP contribution in [0, 0.1) is 0 Å². The SMILES string of the molecule is CCn1c(S[C@H](C)C(=O)NCc2cccs2)nnc1-c1cccs1. The molecule has 0 radical (unpaired) electrons. The molecule has 126 valence electrons. The van der Waals surface area contributed by atoms with Crippen LogP contribution in [0.1, 0.15) is 18.7 Å². The minimum atomic E-state index is -0.226. The summed E-state index contributed by atoms with van der Waals surface area (Å²) in [6.07, 6.45) is 0. The number of nitrogens with zero attached hydrogens (tertiary/aromatic N) is 3. The van der Waals surface area contributed by atoms with Crippen molar-refractivity contribution in [3.05, 3.63) is 39.9 Å². The highest BCUT2D eigenvalue weighted by molar-refractivity contribution is 8.00. The van der Waals surface area contributed by atoms with Crippen molar-refractivity contribution < 1.29 is 4.79 Å². The molecule has 0 aliphatic rings. The Bertz CT molecular complexity index is 780. The van der Waals surface area contributed by atoms with Gasteiger partial charge < -0.3 is 9.88 Å². The van der Waals surface area contributed by atoms with Crippen LogP contribution < -0.4 is 5.32 Å². The van der Waals surface area contributed by atoms with Crippen molar-refractivity contribution in [3.8, 4) is 10.7 Å². The molecular formula is C16H18N4OS3. The summed E-state index contributed by atoms with van der Waals surface area (Å²) in [5.41, 5.74) is 0. The normalized spacial score (nSPS) is 12.2. The van der Waals surface area contributed by atoms with E-state index in [-0.39, 0.29) is 11.2 Å². The van der Waals surface area contributed by atoms with Gasteiger partial charge in [-0.05, 0) is 36.7 Å². The average molecular weight is 379 g/mol. The Kier molecular flexibility index (Phi) is 5.70. The molecule has 0 aliphatic carbocycles. The van der Waals surface area contributed by atoms with Gasteiger partial charge in [-0.2, -0.15) is 0 Å². The summed E-state index contributed by atoms with van der Waals surface area (Å²) in [4.78, 5) is 14.5. The maximum Gasteiger partial charge on any atom is 0.233 e. The van der Waals surface area contributed by atoms with Crippen LogP contribution in [0.3, 0.4) is 0 Å². The Morgan fingerprint density at radius 2 is 2.08 bits per heavy atom. The maximum atomic E-state index is 12.3. The predicted octanol–water partition coefficient (Wildman–Crippen LogP) is 3.89. The number of rotatable bonds is 7. The van der Waals surface area contributed by atoms with E-state index in [2.05, 4.69) is 27.0 Å². The number of hydrogen-bond acceptors (Lipinski definition) is 6. The molecule has 1 amide bonds. The first kappa shape index (κ1) is 17.2. The molecule has 3 heterocycles. The van der Waals surface area contributed by atoms with Crippen LogP contribution in [-0.4, -0.2) is 25.9 Å². The summed E-state index contributed by atoms with van der Waals surface area (Å²) < 4.78 is 2.06. The maximum absolute atomic E-state index is 12.3. The third-order valence-corrected chi connectivity index (χ3v) is 6.27. The molecule has 8 heteroatoms. The van der Waals surface area contributed by atoms with Crippen molar-refractivity contribution in [3.63, 3.8) is 0 Å². The van der Waals surface area contributed by atoms with Gasteiger partial charge >= 0.3 is 0 Å². The number of thiophene rings is 2. The van der Waals surface area contributed by atoms with Crippen molar-refractivity contribution in [1.29, 1.82) is 0 Å². The summed E-state index contributed by atoms with van der Waals surface area (Å²) in [5.74, 6) is 0.873. The van der Waals surface area contributed by atoms with Gasteiger partial charge in [0.15, 0.2) is 11.0 Å². The molecule has 24 heavy (non-hydrogen) atoms. The molecule has 0 fully saturated rings. The van der Waals surface area contributed by atoms with E-state index in [1.807, 2.05) is 41.9 Å². The quantitative estimate of drug-likeness (QED) is 0.634. The second-order valence-electron chi connectivity index (χ2n) is 5.08. The number of aromatic nitrogens is 3. The lowest BCUT2D eigenvalue weighted by molar-refractivity contribution is -0.120. The first-order chi connectivity index (χ1) is 11.7. The Morgan fingerprint density at radius 3 is 2.75 bits per heavy atom. The fourth-order valence-electron chi connectivity index (χ4n) is 2.19. The van der Waals surface area contributed by atoms with E-state index >= 15 is 0 Å². The molecule has 3 rings (SSSR count). The van der Waals surface area contributed by atoms with Crippen LogP contribution in [0.25, 0.3) is 10.7 Å². The molecule has 0 unspecified atom stereocenters. The third kappa shape index (κ3) is 3.88. The third-order valence-electron chi connectivity index (χ3n) is 3.44. The Balaban J connectivity index is 1.65. The van der Waals surface area contributed by atoms with Crippen LogP contribution in [0.5, 0.6) is 0 Å². The van der Waals surface area contributed by atoms with E-state index < -0.39 is 0 Å². The largest absolute Gasteiger partial charge is 0.350 e. The van der Waals surface area contributed by atoms with E-state index in [9.17, 15) is 4.79 Å². The van der Waals surface area contributed by atoms with Crippen LogP contribution in [0.15, 0.2) is 40.2 Å². The van der Waals surface area contributed by atoms with Crippen molar-refractivity contribution in [2.24, 2.45) is 0 Å². The van der Waals surface area contributed by atoms with Gasteiger partial charge in [-0.1, -0.05) is 23.9 Å². The zero-order chi connectivity index (χ0) is 16.9. The smallest absolute Gasteiger partial charge is 0.233 e. The summed E-state index contributed by atoms with van der Waals surface area (Å²) in [7, 11) is 0. The standard InChI is InChI=1S/C16H18N4OS3/c1-3-20-14(13-7-5-9-23-13)18-19-16(20)24-11(2)15(21)17-10-12-6-4-8-22-12/h4-9,11H,3,10H2,1-2H3,(H,17,21)/t11-/m1/s1. The van der Waals surface area contributed by atoms with Crippen molar-refractivity contribution >= 4 is 40.3 Å². The Hall–Kier alpha value is -1.64. The molecule has 0 saturated carbocycles. The second-order valence-corrected chi connectivity index (χ2v) is 8.37. The molecule has 3 aromatic heterocycles. The van der Waals surface area contributed by atoms with E-state index in [1.54, 1.807) is 22.7 Å². The van der Waals surface area contributed by atoms with Gasteiger partial charge in [-0.3, -0.25) is 4.79 Å². The van der Waals surface area contributed by atoms with Gasteiger partial charge in [-0.15, -0.1) is 32.9 Å². The molecular weight excluding hydrogens is 360 g/mol. The van der Waals surface area contributed by atoms with Gasteiger partial charge in [0.2, 0.25) is 5.91 Å². The molecule has 0 aromatic carbocycles. The van der Waals surface area contributed by atoms with Gasteiger partial charge in [-0.25, -0.2) is 0 Å². The fourth-order valence-corrected chi connectivity index (χ4v) is 4.49. The van der Waals surface area contributed by atoms with E-state index in [1.165, 1.54) is 11.8 Å². The lowest BCUT2D eigenvalue weighted by Crippen LogP contribution is -2.30.